The number of hydrogen-bond donors (Lipinski definition) is 1. The molecule has 1 heteroatoms. The molecule has 1 aliphatic carbocycles. The van der Waals surface area contributed by atoms with Crippen molar-refractivity contribution in [2.45, 2.75) is 37.6 Å². The normalized spacial score (nSPS) is 27.8. The van der Waals surface area contributed by atoms with Crippen LogP contribution in [0.3, 0.4) is 0 Å². The summed E-state index contributed by atoms with van der Waals surface area (Å²) in [5.41, 5.74) is 1.84. The lowest BCUT2D eigenvalue weighted by Crippen LogP contribution is -2.25. The van der Waals surface area contributed by atoms with Crippen molar-refractivity contribution >= 4 is 10.8 Å². The summed E-state index contributed by atoms with van der Waals surface area (Å²) >= 11 is 0. The molecule has 0 spiro atoms. The summed E-state index contributed by atoms with van der Waals surface area (Å²) in [6, 6.07) is 16.3. The zero-order chi connectivity index (χ0) is 12.6. The van der Waals surface area contributed by atoms with Crippen molar-refractivity contribution in [3.8, 4) is 0 Å². The molecule has 0 bridgehead atoms. The highest BCUT2D eigenvalue weighted by atomic mass is 14.9. The Balaban J connectivity index is 1.99. The SMILES string of the molecule is CNC1CCC(C)(c2ccc3ccccc3c2)C1. The number of fused-ring (bicyclic) bond motifs is 1. The first-order chi connectivity index (χ1) is 8.71. The molecule has 0 aromatic heterocycles. The summed E-state index contributed by atoms with van der Waals surface area (Å²) in [5, 5.41) is 6.13. The quantitative estimate of drug-likeness (QED) is 0.839. The molecule has 0 aliphatic heterocycles. The van der Waals surface area contributed by atoms with Gasteiger partial charge in [-0.25, -0.2) is 0 Å². The van der Waals surface area contributed by atoms with Gasteiger partial charge < -0.3 is 5.32 Å². The van der Waals surface area contributed by atoms with Gasteiger partial charge in [-0.05, 0) is 48.1 Å². The molecule has 1 saturated carbocycles. The van der Waals surface area contributed by atoms with Crippen LogP contribution in [-0.4, -0.2) is 13.1 Å². The molecular formula is C17H21N. The molecule has 0 saturated heterocycles. The van der Waals surface area contributed by atoms with Crippen LogP contribution in [-0.2, 0) is 5.41 Å². The van der Waals surface area contributed by atoms with E-state index in [1.54, 1.807) is 0 Å². The van der Waals surface area contributed by atoms with Crippen LogP contribution in [0.4, 0.5) is 0 Å². The van der Waals surface area contributed by atoms with Crippen molar-refractivity contribution in [3.05, 3.63) is 48.0 Å². The predicted molar refractivity (Wildman–Crippen MR) is 78.0 cm³/mol. The average molecular weight is 239 g/mol. The Bertz CT molecular complexity index is 560. The van der Waals surface area contributed by atoms with Gasteiger partial charge in [0.25, 0.3) is 0 Å². The maximum atomic E-state index is 3.43. The second-order valence-electron chi connectivity index (χ2n) is 5.85. The van der Waals surface area contributed by atoms with Crippen LogP contribution in [0.25, 0.3) is 10.8 Å². The van der Waals surface area contributed by atoms with Gasteiger partial charge in [-0.1, -0.05) is 49.4 Å². The van der Waals surface area contributed by atoms with Gasteiger partial charge in [0, 0.05) is 6.04 Å². The third-order valence-corrected chi connectivity index (χ3v) is 4.60. The highest BCUT2D eigenvalue weighted by molar-refractivity contribution is 5.83. The topological polar surface area (TPSA) is 12.0 Å². The van der Waals surface area contributed by atoms with Crippen molar-refractivity contribution in [1.29, 1.82) is 0 Å². The van der Waals surface area contributed by atoms with E-state index in [0.717, 1.165) is 0 Å². The van der Waals surface area contributed by atoms with Crippen LogP contribution in [0.2, 0.25) is 0 Å². The zero-order valence-corrected chi connectivity index (χ0v) is 11.2. The molecule has 0 radical (unpaired) electrons. The van der Waals surface area contributed by atoms with E-state index in [2.05, 4.69) is 61.8 Å². The van der Waals surface area contributed by atoms with E-state index < -0.39 is 0 Å². The smallest absolute Gasteiger partial charge is 0.00727 e. The van der Waals surface area contributed by atoms with Crippen LogP contribution >= 0.6 is 0 Å². The molecule has 1 N–H and O–H groups in total. The van der Waals surface area contributed by atoms with Crippen LogP contribution in [0.15, 0.2) is 42.5 Å². The number of rotatable bonds is 2. The van der Waals surface area contributed by atoms with E-state index in [1.807, 2.05) is 0 Å². The Hall–Kier alpha value is -1.34. The van der Waals surface area contributed by atoms with E-state index in [4.69, 9.17) is 0 Å². The number of nitrogens with one attached hydrogen (secondary N) is 1. The van der Waals surface area contributed by atoms with E-state index in [9.17, 15) is 0 Å². The van der Waals surface area contributed by atoms with Crippen LogP contribution < -0.4 is 5.32 Å². The summed E-state index contributed by atoms with van der Waals surface area (Å²) in [4.78, 5) is 0. The summed E-state index contributed by atoms with van der Waals surface area (Å²) in [5.74, 6) is 0. The van der Waals surface area contributed by atoms with Crippen molar-refractivity contribution in [2.75, 3.05) is 7.05 Å². The van der Waals surface area contributed by atoms with Crippen LogP contribution in [0.5, 0.6) is 0 Å². The minimum atomic E-state index is 0.345. The monoisotopic (exact) mass is 239 g/mol. The minimum Gasteiger partial charge on any atom is -0.317 e. The highest BCUT2D eigenvalue weighted by Gasteiger charge is 2.35. The number of benzene rings is 2. The van der Waals surface area contributed by atoms with Gasteiger partial charge in [-0.3, -0.25) is 0 Å². The summed E-state index contributed by atoms with van der Waals surface area (Å²) in [6.45, 7) is 2.41. The van der Waals surface area contributed by atoms with Gasteiger partial charge >= 0.3 is 0 Å². The first-order valence-electron chi connectivity index (χ1n) is 6.88. The van der Waals surface area contributed by atoms with Gasteiger partial charge in [0.2, 0.25) is 0 Å². The average Bonchev–Trinajstić information content (AvgIpc) is 2.81. The predicted octanol–water partition coefficient (Wildman–Crippen LogP) is 3.87. The second-order valence-corrected chi connectivity index (χ2v) is 5.85. The van der Waals surface area contributed by atoms with Crippen molar-refractivity contribution in [2.24, 2.45) is 0 Å². The van der Waals surface area contributed by atoms with Crippen molar-refractivity contribution < 1.29 is 0 Å². The van der Waals surface area contributed by atoms with Gasteiger partial charge in [-0.15, -0.1) is 0 Å². The van der Waals surface area contributed by atoms with Gasteiger partial charge in [0.15, 0.2) is 0 Å². The molecule has 1 aliphatic rings. The third-order valence-electron chi connectivity index (χ3n) is 4.60. The van der Waals surface area contributed by atoms with Crippen LogP contribution in [0, 0.1) is 0 Å². The van der Waals surface area contributed by atoms with Crippen LogP contribution in [0.1, 0.15) is 31.7 Å². The van der Waals surface area contributed by atoms with Crippen molar-refractivity contribution in [3.63, 3.8) is 0 Å². The highest BCUT2D eigenvalue weighted by Crippen LogP contribution is 2.41. The molecule has 2 aromatic rings. The summed E-state index contributed by atoms with van der Waals surface area (Å²) in [6.07, 6.45) is 3.83. The molecule has 0 heterocycles. The maximum absolute atomic E-state index is 3.43. The first kappa shape index (κ1) is 11.7. The fourth-order valence-electron chi connectivity index (χ4n) is 3.31. The first-order valence-corrected chi connectivity index (χ1v) is 6.88. The standard InChI is InChI=1S/C17H21N/c1-17(10-9-16(12-17)18-2)15-8-7-13-5-3-4-6-14(13)11-15/h3-8,11,16,18H,9-10,12H2,1-2H3. The summed E-state index contributed by atoms with van der Waals surface area (Å²) in [7, 11) is 2.08. The van der Waals surface area contributed by atoms with E-state index in [-0.39, 0.29) is 0 Å². The zero-order valence-electron chi connectivity index (χ0n) is 11.2. The van der Waals surface area contributed by atoms with Gasteiger partial charge in [0.05, 0.1) is 0 Å². The van der Waals surface area contributed by atoms with E-state index in [0.29, 0.717) is 11.5 Å². The molecular weight excluding hydrogens is 218 g/mol. The lowest BCUT2D eigenvalue weighted by Gasteiger charge is -2.25. The Kier molecular flexibility index (Phi) is 2.87. The molecule has 1 fully saturated rings. The fourth-order valence-corrected chi connectivity index (χ4v) is 3.31. The Morgan fingerprint density at radius 3 is 2.61 bits per heavy atom. The summed E-state index contributed by atoms with van der Waals surface area (Å²) < 4.78 is 0. The lowest BCUT2D eigenvalue weighted by molar-refractivity contribution is 0.467. The van der Waals surface area contributed by atoms with E-state index >= 15 is 0 Å². The number of hydrogen-bond acceptors (Lipinski definition) is 1. The Labute approximate surface area is 109 Å². The maximum Gasteiger partial charge on any atom is 0.00727 e. The third kappa shape index (κ3) is 1.93. The largest absolute Gasteiger partial charge is 0.317 e. The molecule has 2 aromatic carbocycles. The van der Waals surface area contributed by atoms with Gasteiger partial charge in [0.1, 0.15) is 0 Å². The molecule has 18 heavy (non-hydrogen) atoms. The minimum absolute atomic E-state index is 0.345. The van der Waals surface area contributed by atoms with Gasteiger partial charge in [-0.2, -0.15) is 0 Å². The molecule has 94 valence electrons. The Morgan fingerprint density at radius 1 is 1.11 bits per heavy atom. The Morgan fingerprint density at radius 2 is 1.89 bits per heavy atom. The molecule has 2 unspecified atom stereocenters. The molecule has 0 amide bonds. The lowest BCUT2D eigenvalue weighted by atomic mass is 9.80. The van der Waals surface area contributed by atoms with E-state index in [1.165, 1.54) is 35.6 Å². The molecule has 1 nitrogen and oxygen atoms in total. The second kappa shape index (κ2) is 4.40. The molecule has 2 atom stereocenters. The fraction of sp³-hybridized carbons (Fsp3) is 0.412. The molecule has 3 rings (SSSR count). The van der Waals surface area contributed by atoms with Crippen molar-refractivity contribution in [1.82, 2.24) is 5.32 Å².